The van der Waals surface area contributed by atoms with Crippen LogP contribution in [0.1, 0.15) is 28.1 Å². The fraction of sp³-hybridized carbons (Fsp3) is 0.172. The topological polar surface area (TPSA) is 65.4 Å². The lowest BCUT2D eigenvalue weighted by molar-refractivity contribution is -0.111. The van der Waals surface area contributed by atoms with E-state index in [9.17, 15) is 4.79 Å². The average molecular weight is 650 g/mol. The fourth-order valence-corrected chi connectivity index (χ4v) is 5.21. The van der Waals surface area contributed by atoms with E-state index in [0.29, 0.717) is 44.5 Å². The third-order valence-electron chi connectivity index (χ3n) is 5.97. The van der Waals surface area contributed by atoms with Gasteiger partial charge in [0.15, 0.2) is 0 Å². The summed E-state index contributed by atoms with van der Waals surface area (Å²) in [6, 6.07) is 16.3. The number of carbonyl (C=O) groups is 1. The number of amides is 1. The Kier molecular flexibility index (Phi) is 9.62. The highest BCUT2D eigenvalue weighted by Gasteiger charge is 2.15. The molecule has 4 aromatic rings. The average Bonchev–Trinajstić information content (AvgIpc) is 3.15. The molecule has 0 bridgehead atoms. The van der Waals surface area contributed by atoms with Crippen LogP contribution in [0.25, 0.3) is 6.08 Å². The van der Waals surface area contributed by atoms with Gasteiger partial charge in [-0.05, 0) is 89.4 Å². The molecule has 0 saturated carbocycles. The molecule has 0 atom stereocenters. The number of benzene rings is 3. The summed E-state index contributed by atoms with van der Waals surface area (Å²) in [7, 11) is 1.60. The molecule has 6 nitrogen and oxygen atoms in total. The fourth-order valence-electron chi connectivity index (χ4n) is 3.94. The maximum absolute atomic E-state index is 12.8. The first-order valence-corrected chi connectivity index (χ1v) is 13.8. The van der Waals surface area contributed by atoms with Crippen LogP contribution in [0.15, 0.2) is 65.1 Å². The van der Waals surface area contributed by atoms with Crippen LogP contribution in [-0.4, -0.2) is 22.8 Å². The smallest absolute Gasteiger partial charge is 0.248 e. The molecular weight excluding hydrogens is 625 g/mol. The molecule has 0 spiro atoms. The van der Waals surface area contributed by atoms with Crippen molar-refractivity contribution in [3.05, 3.63) is 108 Å². The number of ether oxygens (including phenoxy) is 2. The van der Waals surface area contributed by atoms with Gasteiger partial charge in [-0.2, -0.15) is 5.10 Å². The number of hydrogen-bond donors (Lipinski definition) is 1. The van der Waals surface area contributed by atoms with Crippen LogP contribution in [0, 0.1) is 13.8 Å². The van der Waals surface area contributed by atoms with Crippen molar-refractivity contribution in [2.75, 3.05) is 12.4 Å². The Morgan fingerprint density at radius 1 is 1.00 bits per heavy atom. The van der Waals surface area contributed by atoms with Gasteiger partial charge in [-0.25, -0.2) is 0 Å². The highest BCUT2D eigenvalue weighted by molar-refractivity contribution is 9.10. The highest BCUT2D eigenvalue weighted by atomic mass is 79.9. The molecule has 0 aliphatic carbocycles. The van der Waals surface area contributed by atoms with E-state index in [1.165, 1.54) is 6.08 Å². The first-order chi connectivity index (χ1) is 18.6. The van der Waals surface area contributed by atoms with Gasteiger partial charge in [0, 0.05) is 26.7 Å². The van der Waals surface area contributed by atoms with Crippen molar-refractivity contribution in [1.29, 1.82) is 0 Å². The van der Waals surface area contributed by atoms with Gasteiger partial charge in [0.05, 0.1) is 35.2 Å². The summed E-state index contributed by atoms with van der Waals surface area (Å²) in [5.74, 6) is 1.07. The van der Waals surface area contributed by atoms with Crippen molar-refractivity contribution in [3.63, 3.8) is 0 Å². The second kappa shape index (κ2) is 12.9. The van der Waals surface area contributed by atoms with Gasteiger partial charge < -0.3 is 14.8 Å². The quantitative estimate of drug-likeness (QED) is 0.185. The van der Waals surface area contributed by atoms with Crippen LogP contribution in [0.3, 0.4) is 0 Å². The Morgan fingerprint density at radius 2 is 1.72 bits per heavy atom. The Labute approximate surface area is 250 Å². The largest absolute Gasteiger partial charge is 0.496 e. The van der Waals surface area contributed by atoms with Gasteiger partial charge in [-0.3, -0.25) is 9.48 Å². The van der Waals surface area contributed by atoms with Crippen LogP contribution in [0.5, 0.6) is 11.5 Å². The number of nitrogens with zero attached hydrogens (tertiary/aromatic N) is 2. The number of rotatable bonds is 9. The van der Waals surface area contributed by atoms with Gasteiger partial charge in [0.25, 0.3) is 0 Å². The molecule has 0 unspecified atom stereocenters. The van der Waals surface area contributed by atoms with Crippen LogP contribution in [0.4, 0.5) is 5.69 Å². The van der Waals surface area contributed by atoms with Crippen LogP contribution < -0.4 is 14.8 Å². The number of halogens is 4. The number of anilines is 1. The summed E-state index contributed by atoms with van der Waals surface area (Å²) < 4.78 is 14.0. The second-order valence-electron chi connectivity index (χ2n) is 8.70. The molecule has 1 heterocycles. The first-order valence-electron chi connectivity index (χ1n) is 11.9. The molecule has 1 aromatic heterocycles. The Hall–Kier alpha value is -2.97. The van der Waals surface area contributed by atoms with Gasteiger partial charge >= 0.3 is 0 Å². The number of hydrogen-bond acceptors (Lipinski definition) is 4. The molecule has 202 valence electrons. The molecule has 0 aliphatic rings. The molecule has 0 aliphatic heterocycles. The molecule has 10 heteroatoms. The molecule has 4 rings (SSSR count). The van der Waals surface area contributed by atoms with Crippen LogP contribution in [0.2, 0.25) is 15.1 Å². The lowest BCUT2D eigenvalue weighted by Gasteiger charge is -2.12. The first kappa shape index (κ1) is 29.0. The van der Waals surface area contributed by atoms with Crippen molar-refractivity contribution < 1.29 is 14.3 Å². The minimum absolute atomic E-state index is 0.270. The molecule has 39 heavy (non-hydrogen) atoms. The predicted octanol–water partition coefficient (Wildman–Crippen LogP) is 8.51. The summed E-state index contributed by atoms with van der Waals surface area (Å²) in [5, 5.41) is 9.27. The Balaban J connectivity index is 1.45. The zero-order chi connectivity index (χ0) is 28.1. The van der Waals surface area contributed by atoms with Gasteiger partial charge in [-0.15, -0.1) is 0 Å². The molecule has 0 radical (unpaired) electrons. The highest BCUT2D eigenvalue weighted by Crippen LogP contribution is 2.30. The van der Waals surface area contributed by atoms with E-state index in [2.05, 4.69) is 26.3 Å². The van der Waals surface area contributed by atoms with Crippen LogP contribution >= 0.6 is 50.7 Å². The van der Waals surface area contributed by atoms with Gasteiger partial charge in [-0.1, -0.05) is 46.9 Å². The van der Waals surface area contributed by atoms with Gasteiger partial charge in [0.2, 0.25) is 5.91 Å². The van der Waals surface area contributed by atoms with Gasteiger partial charge in [0.1, 0.15) is 18.1 Å². The zero-order valence-corrected chi connectivity index (χ0v) is 25.2. The summed E-state index contributed by atoms with van der Waals surface area (Å²) in [6.45, 7) is 4.48. The van der Waals surface area contributed by atoms with E-state index in [4.69, 9.17) is 44.3 Å². The van der Waals surface area contributed by atoms with E-state index < -0.39 is 0 Å². The van der Waals surface area contributed by atoms with Crippen molar-refractivity contribution in [3.8, 4) is 11.5 Å². The Morgan fingerprint density at radius 3 is 2.44 bits per heavy atom. The van der Waals surface area contributed by atoms with E-state index in [-0.39, 0.29) is 12.5 Å². The molecule has 3 aromatic carbocycles. The predicted molar refractivity (Wildman–Crippen MR) is 161 cm³/mol. The zero-order valence-electron chi connectivity index (χ0n) is 21.4. The Bertz CT molecular complexity index is 1550. The van der Waals surface area contributed by atoms with E-state index >= 15 is 0 Å². The standard InChI is InChI=1S/C29H25BrCl3N3O3/c1-17-29(18(2)36(35-17)15-20-6-7-23(32)14-25(20)33)34-28(37)11-5-19-4-9-26(38-3)21(12-19)16-39-27-10-8-22(31)13-24(27)30/h4-14H,15-16H2,1-3H3,(H,34,37). The van der Waals surface area contributed by atoms with Crippen molar-refractivity contribution >= 4 is 68.4 Å². The summed E-state index contributed by atoms with van der Waals surface area (Å²) >= 11 is 21.8. The maximum Gasteiger partial charge on any atom is 0.248 e. The minimum atomic E-state index is -0.274. The lowest BCUT2D eigenvalue weighted by atomic mass is 10.1. The lowest BCUT2D eigenvalue weighted by Crippen LogP contribution is -2.10. The third kappa shape index (κ3) is 7.37. The van der Waals surface area contributed by atoms with Crippen LogP contribution in [-0.2, 0) is 17.9 Å². The summed E-state index contributed by atoms with van der Waals surface area (Å²) in [5.41, 5.74) is 4.71. The van der Waals surface area contributed by atoms with Crippen molar-refractivity contribution in [2.45, 2.75) is 27.0 Å². The molecular formula is C29H25BrCl3N3O3. The SMILES string of the molecule is COc1ccc(C=CC(=O)Nc2c(C)nn(Cc3ccc(Cl)cc3Cl)c2C)cc1COc1ccc(Cl)cc1Br. The van der Waals surface area contributed by atoms with E-state index in [1.54, 1.807) is 48.2 Å². The molecule has 0 saturated heterocycles. The van der Waals surface area contributed by atoms with E-state index in [0.717, 1.165) is 26.9 Å². The third-order valence-corrected chi connectivity index (χ3v) is 7.42. The normalized spacial score (nSPS) is 11.2. The number of methoxy groups -OCH3 is 1. The summed E-state index contributed by atoms with van der Waals surface area (Å²) in [6.07, 6.45) is 3.22. The second-order valence-corrected chi connectivity index (χ2v) is 10.8. The van der Waals surface area contributed by atoms with Crippen molar-refractivity contribution in [1.82, 2.24) is 9.78 Å². The molecule has 0 fully saturated rings. The number of carbonyl (C=O) groups excluding carboxylic acids is 1. The molecule has 1 amide bonds. The van der Waals surface area contributed by atoms with E-state index in [1.807, 2.05) is 38.1 Å². The number of aromatic nitrogens is 2. The summed E-state index contributed by atoms with van der Waals surface area (Å²) in [4.78, 5) is 12.8. The number of aryl methyl sites for hydroxylation is 1. The maximum atomic E-state index is 12.8. The number of nitrogens with one attached hydrogen (secondary N) is 1. The monoisotopic (exact) mass is 647 g/mol. The minimum Gasteiger partial charge on any atom is -0.496 e. The van der Waals surface area contributed by atoms with Crippen molar-refractivity contribution in [2.24, 2.45) is 0 Å². The molecule has 1 N–H and O–H groups in total.